The van der Waals surface area contributed by atoms with Crippen LogP contribution in [0.25, 0.3) is 27.7 Å². The number of aromatic nitrogens is 1. The average molecular weight is 800 g/mol. The van der Waals surface area contributed by atoms with Crippen molar-refractivity contribution >= 4 is 40.7 Å². The van der Waals surface area contributed by atoms with Crippen LogP contribution in [0, 0.1) is 0 Å². The van der Waals surface area contributed by atoms with Gasteiger partial charge < -0.3 is 10.6 Å². The molecule has 1 aliphatic carbocycles. The van der Waals surface area contributed by atoms with Crippen LogP contribution in [0.3, 0.4) is 0 Å². The molecule has 6 aromatic carbocycles. The Morgan fingerprint density at radius 2 is 1.28 bits per heavy atom. The number of nitrogens with one attached hydrogen (secondary N) is 1. The second-order valence-electron chi connectivity index (χ2n) is 15.7. The second kappa shape index (κ2) is 14.4. The van der Waals surface area contributed by atoms with Crippen molar-refractivity contribution in [3.05, 3.63) is 262 Å². The summed E-state index contributed by atoms with van der Waals surface area (Å²) >= 11 is 1.86. The van der Waals surface area contributed by atoms with Gasteiger partial charge in [0.15, 0.2) is 0 Å². The molecular weight excluding hydrogens is 763 g/mol. The summed E-state index contributed by atoms with van der Waals surface area (Å²) in [4.78, 5) is 12.9. The first-order valence-electron chi connectivity index (χ1n) is 20.7. The van der Waals surface area contributed by atoms with Crippen LogP contribution in [0.4, 0.5) is 0 Å². The van der Waals surface area contributed by atoms with Gasteiger partial charge in [0.1, 0.15) is 5.70 Å². The molecule has 6 heteroatoms. The zero-order chi connectivity index (χ0) is 40.3. The van der Waals surface area contributed by atoms with Crippen molar-refractivity contribution < 1.29 is 0 Å². The lowest BCUT2D eigenvalue weighted by Gasteiger charge is -2.40. The molecule has 5 aliphatic rings. The molecule has 61 heavy (non-hydrogen) atoms. The number of hydrogen-bond donors (Lipinski definition) is 1. The molecule has 0 radical (unpaired) electrons. The highest BCUT2D eigenvalue weighted by atomic mass is 32.2. The first kappa shape index (κ1) is 35.4. The average Bonchev–Trinajstić information content (AvgIpc) is 3.99. The summed E-state index contributed by atoms with van der Waals surface area (Å²) in [5, 5.41) is 9.04. The molecule has 0 bridgehead atoms. The number of benzene rings is 6. The molecule has 1 spiro atoms. The van der Waals surface area contributed by atoms with E-state index in [-0.39, 0.29) is 6.04 Å². The standard InChI is InChI=1S/C55H37N5S/c1-3-16-35(17-4-1)46-34-47(60-54(59-46)36-18-5-2-6-19-36)39-21-14-25-43-53(39)52-38(37-32-48(44-26-11-12-30-56-44)58-49(33-37)45-27-15-31-57-45)20-13-24-42(52)55(43)40-22-7-9-28-50(40)61-51-29-10-8-23-41(51)55/h1-34,48,54,58H. The highest BCUT2D eigenvalue weighted by Gasteiger charge is 2.51. The normalized spacial score (nSPS) is 18.6. The molecule has 2 unspecified atom stereocenters. The zero-order valence-electron chi connectivity index (χ0n) is 33.0. The van der Waals surface area contributed by atoms with Crippen molar-refractivity contribution in [3.8, 4) is 11.1 Å². The van der Waals surface area contributed by atoms with Crippen molar-refractivity contribution in [3.63, 3.8) is 0 Å². The maximum atomic E-state index is 5.53. The summed E-state index contributed by atoms with van der Waals surface area (Å²) < 4.78 is 4.75. The van der Waals surface area contributed by atoms with Gasteiger partial charge in [-0.25, -0.2) is 0 Å². The number of aliphatic imine (C=N–C) groups is 1. The zero-order valence-corrected chi connectivity index (χ0v) is 33.8. The molecule has 1 aromatic heterocycles. The summed E-state index contributed by atoms with van der Waals surface area (Å²) in [6.07, 6.45) is 14.1. The van der Waals surface area contributed by atoms with Crippen molar-refractivity contribution in [1.82, 2.24) is 15.0 Å². The lowest BCUT2D eigenvalue weighted by Crippen LogP contribution is -2.32. The highest BCUT2D eigenvalue weighted by Crippen LogP contribution is 2.64. The fraction of sp³-hybridized carbons (Fsp3) is 0.0545. The lowest BCUT2D eigenvalue weighted by atomic mass is 9.67. The van der Waals surface area contributed by atoms with E-state index < -0.39 is 11.6 Å². The predicted molar refractivity (Wildman–Crippen MR) is 250 cm³/mol. The third-order valence-corrected chi connectivity index (χ3v) is 13.5. The molecule has 7 aromatic rings. The van der Waals surface area contributed by atoms with E-state index in [1.54, 1.807) is 0 Å². The molecular formula is C55H37N5S. The van der Waals surface area contributed by atoms with Gasteiger partial charge in [-0.2, -0.15) is 0 Å². The fourth-order valence-corrected chi connectivity index (χ4v) is 10.9. The van der Waals surface area contributed by atoms with Gasteiger partial charge in [-0.3, -0.25) is 9.98 Å². The van der Waals surface area contributed by atoms with E-state index in [1.165, 1.54) is 43.2 Å². The Bertz CT molecular complexity index is 3110. The molecule has 12 rings (SSSR count). The van der Waals surface area contributed by atoms with E-state index in [0.717, 1.165) is 56.3 Å². The van der Waals surface area contributed by atoms with Gasteiger partial charge in [-0.15, -0.1) is 5.70 Å². The van der Waals surface area contributed by atoms with E-state index in [2.05, 4.69) is 181 Å². The van der Waals surface area contributed by atoms with Gasteiger partial charge in [-0.1, -0.05) is 162 Å². The minimum atomic E-state index is -0.590. The largest absolute Gasteiger partial charge is 0.659 e. The molecule has 0 amide bonds. The minimum Gasteiger partial charge on any atom is -0.659 e. The van der Waals surface area contributed by atoms with Crippen molar-refractivity contribution in [2.75, 3.05) is 0 Å². The van der Waals surface area contributed by atoms with E-state index in [0.29, 0.717) is 0 Å². The maximum Gasteiger partial charge on any atom is 0.350 e. The Balaban J connectivity index is 1.17. The number of hydrogen-bond acceptors (Lipinski definition) is 4. The molecule has 5 heterocycles. The van der Waals surface area contributed by atoms with Gasteiger partial charge in [0.25, 0.3) is 6.21 Å². The van der Waals surface area contributed by atoms with Crippen LogP contribution < -0.4 is 9.98 Å². The van der Waals surface area contributed by atoms with Crippen LogP contribution in [0.1, 0.15) is 62.4 Å². The number of dihydropyridines is 1. The van der Waals surface area contributed by atoms with Gasteiger partial charge in [0, 0.05) is 39.9 Å². The number of fused-ring (bicyclic) bond motifs is 9. The van der Waals surface area contributed by atoms with E-state index >= 15 is 0 Å². The number of rotatable bonds is 6. The van der Waals surface area contributed by atoms with Crippen molar-refractivity contribution in [1.29, 1.82) is 0 Å². The SMILES string of the molecule is C1=CC(C2=CC(c3cccc4c3-c3c(C5=NC(c6ccccc6)[N-]C(c6ccccc6)=C5)cccc3C43c4ccccc4Sc4ccccc43)=CC(c3ccccn3)N2)=[N+]=C1. The molecule has 0 saturated heterocycles. The summed E-state index contributed by atoms with van der Waals surface area (Å²) in [7, 11) is 0. The highest BCUT2D eigenvalue weighted by molar-refractivity contribution is 7.99. The van der Waals surface area contributed by atoms with Crippen LogP contribution >= 0.6 is 11.8 Å². The summed E-state index contributed by atoms with van der Waals surface area (Å²) in [5.41, 5.74) is 17.0. The third kappa shape index (κ3) is 5.68. The first-order chi connectivity index (χ1) is 30.2. The predicted octanol–water partition coefficient (Wildman–Crippen LogP) is 11.6. The summed E-state index contributed by atoms with van der Waals surface area (Å²) in [6.45, 7) is 0. The number of nitrogens with zero attached hydrogens (tertiary/aromatic N) is 4. The van der Waals surface area contributed by atoms with Crippen LogP contribution in [-0.4, -0.2) is 22.6 Å². The van der Waals surface area contributed by atoms with Crippen LogP contribution in [-0.2, 0) is 5.41 Å². The van der Waals surface area contributed by atoms with Gasteiger partial charge in [0.05, 0.1) is 22.9 Å². The van der Waals surface area contributed by atoms with E-state index in [4.69, 9.17) is 20.0 Å². The maximum absolute atomic E-state index is 5.53. The molecule has 0 fully saturated rings. The molecule has 2 atom stereocenters. The van der Waals surface area contributed by atoms with Crippen LogP contribution in [0.15, 0.2) is 221 Å². The van der Waals surface area contributed by atoms with Crippen molar-refractivity contribution in [2.24, 2.45) is 4.99 Å². The van der Waals surface area contributed by atoms with Gasteiger partial charge in [-0.05, 0) is 92.1 Å². The lowest BCUT2D eigenvalue weighted by molar-refractivity contribution is 0.707. The first-order valence-corrected chi connectivity index (χ1v) is 21.5. The van der Waals surface area contributed by atoms with Gasteiger partial charge in [0.2, 0.25) is 0 Å². The van der Waals surface area contributed by atoms with Crippen LogP contribution in [0.2, 0.25) is 0 Å². The second-order valence-corrected chi connectivity index (χ2v) is 16.8. The van der Waals surface area contributed by atoms with Crippen molar-refractivity contribution in [2.45, 2.75) is 27.4 Å². The van der Waals surface area contributed by atoms with E-state index in [1.807, 2.05) is 42.4 Å². The summed E-state index contributed by atoms with van der Waals surface area (Å²) in [6, 6.07) is 58.6. The molecule has 0 saturated carbocycles. The number of pyridine rings is 1. The molecule has 288 valence electrons. The Kier molecular flexibility index (Phi) is 8.34. The van der Waals surface area contributed by atoms with E-state index in [9.17, 15) is 0 Å². The third-order valence-electron chi connectivity index (χ3n) is 12.3. The summed E-state index contributed by atoms with van der Waals surface area (Å²) in [5.74, 6) is 0. The molecule has 5 nitrogen and oxygen atoms in total. The Hall–Kier alpha value is -7.50. The quantitative estimate of drug-likeness (QED) is 0.170. The topological polar surface area (TPSA) is 65.5 Å². The van der Waals surface area contributed by atoms with Gasteiger partial charge >= 0.3 is 5.71 Å². The monoisotopic (exact) mass is 799 g/mol. The number of allylic oxidation sites excluding steroid dienone is 5. The molecule has 4 aliphatic heterocycles. The Labute approximate surface area is 359 Å². The van der Waals surface area contributed by atoms with Crippen LogP contribution in [0.5, 0.6) is 0 Å². The minimum absolute atomic E-state index is 0.173. The Morgan fingerprint density at radius 1 is 0.623 bits per heavy atom. The Morgan fingerprint density at radius 3 is 1.98 bits per heavy atom. The molecule has 1 N–H and O–H groups in total. The fourth-order valence-electron chi connectivity index (χ4n) is 9.76. The smallest absolute Gasteiger partial charge is 0.350 e.